The normalized spacial score (nSPS) is 14.6. The molecular weight excluding hydrogens is 200 g/mol. The van der Waals surface area contributed by atoms with E-state index in [9.17, 15) is 8.42 Å². The van der Waals surface area contributed by atoms with Crippen molar-refractivity contribution in [1.82, 2.24) is 5.32 Å². The molecule has 14 heavy (non-hydrogen) atoms. The fourth-order valence-corrected chi connectivity index (χ4v) is 1.96. The summed E-state index contributed by atoms with van der Waals surface area (Å²) >= 11 is 0. The smallest absolute Gasteiger partial charge is 0.209 e. The van der Waals surface area contributed by atoms with E-state index in [1.807, 2.05) is 0 Å². The molecule has 0 aliphatic heterocycles. The Morgan fingerprint density at radius 2 is 1.86 bits per heavy atom. The average molecular weight is 222 g/mol. The predicted molar refractivity (Wildman–Crippen MR) is 59.5 cm³/mol. The highest BCUT2D eigenvalue weighted by Crippen LogP contribution is 2.03. The summed E-state index contributed by atoms with van der Waals surface area (Å²) in [5.74, 6) is 0.727. The summed E-state index contributed by atoms with van der Waals surface area (Å²) in [6.07, 6.45) is 1.69. The first-order valence-electron chi connectivity index (χ1n) is 5.05. The van der Waals surface area contributed by atoms with E-state index in [0.717, 1.165) is 6.42 Å². The Hall–Kier alpha value is -0.130. The van der Waals surface area contributed by atoms with E-state index in [4.69, 9.17) is 5.14 Å². The van der Waals surface area contributed by atoms with Crippen LogP contribution < -0.4 is 10.5 Å². The van der Waals surface area contributed by atoms with Gasteiger partial charge in [0.25, 0.3) is 0 Å². The maximum Gasteiger partial charge on any atom is 0.209 e. The summed E-state index contributed by atoms with van der Waals surface area (Å²) in [4.78, 5) is 0. The Balaban J connectivity index is 3.45. The van der Waals surface area contributed by atoms with Gasteiger partial charge in [0.1, 0.15) is 0 Å². The van der Waals surface area contributed by atoms with Crippen molar-refractivity contribution in [2.24, 2.45) is 11.1 Å². The van der Waals surface area contributed by atoms with Gasteiger partial charge < -0.3 is 5.32 Å². The molecule has 0 aliphatic rings. The first-order valence-corrected chi connectivity index (χ1v) is 6.76. The van der Waals surface area contributed by atoms with E-state index in [1.54, 1.807) is 0 Å². The molecule has 0 saturated carbocycles. The molecule has 0 amide bonds. The van der Waals surface area contributed by atoms with Crippen molar-refractivity contribution < 1.29 is 8.42 Å². The van der Waals surface area contributed by atoms with Crippen molar-refractivity contribution >= 4 is 10.0 Å². The molecule has 1 atom stereocenters. The predicted octanol–water partition coefficient (Wildman–Crippen LogP) is 0.689. The lowest BCUT2D eigenvalue weighted by Gasteiger charge is -2.15. The number of hydrogen-bond donors (Lipinski definition) is 2. The van der Waals surface area contributed by atoms with E-state index < -0.39 is 10.0 Å². The van der Waals surface area contributed by atoms with E-state index >= 15 is 0 Å². The third-order valence-corrected chi connectivity index (χ3v) is 2.78. The lowest BCUT2D eigenvalue weighted by Crippen LogP contribution is -2.30. The Morgan fingerprint density at radius 1 is 1.29 bits per heavy atom. The van der Waals surface area contributed by atoms with Crippen molar-refractivity contribution in [3.05, 3.63) is 0 Å². The second-order valence-electron chi connectivity index (χ2n) is 4.21. The van der Waals surface area contributed by atoms with Gasteiger partial charge >= 0.3 is 0 Å². The largest absolute Gasteiger partial charge is 0.314 e. The van der Waals surface area contributed by atoms with Crippen molar-refractivity contribution in [3.8, 4) is 0 Å². The molecule has 0 aromatic rings. The monoisotopic (exact) mass is 222 g/mol. The third-order valence-electron chi connectivity index (χ3n) is 1.92. The minimum atomic E-state index is -3.29. The van der Waals surface area contributed by atoms with Crippen molar-refractivity contribution in [2.75, 3.05) is 12.3 Å². The van der Waals surface area contributed by atoms with Gasteiger partial charge in [0, 0.05) is 6.04 Å². The highest BCUT2D eigenvalue weighted by molar-refractivity contribution is 7.89. The number of nitrogens with one attached hydrogen (secondary N) is 1. The van der Waals surface area contributed by atoms with Crippen LogP contribution in [0.5, 0.6) is 0 Å². The molecule has 0 heterocycles. The van der Waals surface area contributed by atoms with Gasteiger partial charge in [0.15, 0.2) is 0 Å². The van der Waals surface area contributed by atoms with Gasteiger partial charge in [0.05, 0.1) is 5.75 Å². The van der Waals surface area contributed by atoms with Gasteiger partial charge in [-0.05, 0) is 32.2 Å². The summed E-state index contributed by atoms with van der Waals surface area (Å²) < 4.78 is 21.2. The Bertz CT molecular complexity index is 237. The minimum absolute atomic E-state index is 0.0639. The second-order valence-corrected chi connectivity index (χ2v) is 5.94. The van der Waals surface area contributed by atoms with Crippen LogP contribution in [0, 0.1) is 5.92 Å². The van der Waals surface area contributed by atoms with Crippen molar-refractivity contribution in [2.45, 2.75) is 39.7 Å². The molecule has 0 bridgehead atoms. The molecule has 0 fully saturated rings. The Morgan fingerprint density at radius 3 is 2.29 bits per heavy atom. The SMILES string of the molecule is CC(C)CC(C)NCCCS(N)(=O)=O. The van der Waals surface area contributed by atoms with Gasteiger partial charge in [-0.25, -0.2) is 13.6 Å². The van der Waals surface area contributed by atoms with Crippen LogP contribution >= 0.6 is 0 Å². The van der Waals surface area contributed by atoms with E-state index in [1.165, 1.54) is 0 Å². The molecular formula is C9H22N2O2S. The molecule has 5 heteroatoms. The van der Waals surface area contributed by atoms with E-state index in [0.29, 0.717) is 24.9 Å². The summed E-state index contributed by atoms with van der Waals surface area (Å²) in [6.45, 7) is 7.16. The van der Waals surface area contributed by atoms with Crippen molar-refractivity contribution in [3.63, 3.8) is 0 Å². The van der Waals surface area contributed by atoms with Gasteiger partial charge in [-0.3, -0.25) is 0 Å². The summed E-state index contributed by atoms with van der Waals surface area (Å²) in [6, 6.07) is 0.440. The second kappa shape index (κ2) is 6.37. The zero-order chi connectivity index (χ0) is 11.2. The molecule has 0 aliphatic carbocycles. The molecule has 86 valence electrons. The topological polar surface area (TPSA) is 72.2 Å². The molecule has 0 rings (SSSR count). The van der Waals surface area contributed by atoms with E-state index in [2.05, 4.69) is 26.1 Å². The van der Waals surface area contributed by atoms with Crippen LogP contribution in [0.25, 0.3) is 0 Å². The van der Waals surface area contributed by atoms with Gasteiger partial charge in [-0.15, -0.1) is 0 Å². The zero-order valence-electron chi connectivity index (χ0n) is 9.29. The quantitative estimate of drug-likeness (QED) is 0.622. The molecule has 0 spiro atoms. The highest BCUT2D eigenvalue weighted by atomic mass is 32.2. The first-order chi connectivity index (χ1) is 6.31. The van der Waals surface area contributed by atoms with Crippen LogP contribution in [0.2, 0.25) is 0 Å². The van der Waals surface area contributed by atoms with Crippen LogP contribution in [0.1, 0.15) is 33.6 Å². The summed E-state index contributed by atoms with van der Waals surface area (Å²) in [7, 11) is -3.29. The lowest BCUT2D eigenvalue weighted by molar-refractivity contribution is 0.442. The fourth-order valence-electron chi connectivity index (χ4n) is 1.41. The summed E-state index contributed by atoms with van der Waals surface area (Å²) in [5, 5.41) is 8.14. The summed E-state index contributed by atoms with van der Waals surface area (Å²) in [5.41, 5.74) is 0. The number of hydrogen-bond acceptors (Lipinski definition) is 3. The minimum Gasteiger partial charge on any atom is -0.314 e. The molecule has 3 N–H and O–H groups in total. The maximum absolute atomic E-state index is 10.6. The van der Waals surface area contributed by atoms with Crippen LogP contribution in [0.4, 0.5) is 0 Å². The van der Waals surface area contributed by atoms with Crippen LogP contribution in [-0.4, -0.2) is 26.8 Å². The maximum atomic E-state index is 10.6. The third kappa shape index (κ3) is 9.95. The first kappa shape index (κ1) is 13.9. The average Bonchev–Trinajstić information content (AvgIpc) is 1.95. The number of sulfonamides is 1. The van der Waals surface area contributed by atoms with Gasteiger partial charge in [0.2, 0.25) is 10.0 Å². The van der Waals surface area contributed by atoms with Crippen LogP contribution in [-0.2, 0) is 10.0 Å². The van der Waals surface area contributed by atoms with Crippen LogP contribution in [0.3, 0.4) is 0 Å². The molecule has 0 radical (unpaired) electrons. The van der Waals surface area contributed by atoms with Gasteiger partial charge in [-0.1, -0.05) is 13.8 Å². The lowest BCUT2D eigenvalue weighted by atomic mass is 10.1. The Kier molecular flexibility index (Phi) is 6.31. The molecule has 0 saturated heterocycles. The molecule has 0 aromatic carbocycles. The van der Waals surface area contributed by atoms with Crippen molar-refractivity contribution in [1.29, 1.82) is 0 Å². The Labute approximate surface area is 87.3 Å². The molecule has 0 aromatic heterocycles. The zero-order valence-corrected chi connectivity index (χ0v) is 10.1. The highest BCUT2D eigenvalue weighted by Gasteiger charge is 2.05. The number of rotatable bonds is 7. The molecule has 1 unspecified atom stereocenters. The number of primary sulfonamides is 1. The molecule has 4 nitrogen and oxygen atoms in total. The van der Waals surface area contributed by atoms with Gasteiger partial charge in [-0.2, -0.15) is 0 Å². The fraction of sp³-hybridized carbons (Fsp3) is 1.00. The van der Waals surface area contributed by atoms with E-state index in [-0.39, 0.29) is 5.75 Å². The van der Waals surface area contributed by atoms with Crippen LogP contribution in [0.15, 0.2) is 0 Å². The standard InChI is InChI=1S/C9H22N2O2S/c1-8(2)7-9(3)11-5-4-6-14(10,12)13/h8-9,11H,4-7H2,1-3H3,(H2,10,12,13). The number of nitrogens with two attached hydrogens (primary N) is 1.